The molecule has 0 saturated heterocycles. The lowest BCUT2D eigenvalue weighted by molar-refractivity contribution is -0.111. The maximum atomic E-state index is 11.6. The number of carbonyl (C=O) groups excluding carboxylic acids is 1. The van der Waals surface area contributed by atoms with Gasteiger partial charge in [-0.25, -0.2) is 4.98 Å². The predicted octanol–water partition coefficient (Wildman–Crippen LogP) is 4.42. The van der Waals surface area contributed by atoms with Gasteiger partial charge in [-0.3, -0.25) is 4.79 Å². The van der Waals surface area contributed by atoms with Gasteiger partial charge in [0.1, 0.15) is 5.82 Å². The van der Waals surface area contributed by atoms with Gasteiger partial charge in [0.15, 0.2) is 11.5 Å². The fraction of sp³-hybridized carbons (Fsp3) is 0.174. The number of nitrogens with zero attached hydrogens (tertiary/aromatic N) is 2. The first kappa shape index (κ1) is 22.4. The SMILES string of the molecule is C=CC(=O)Nc1cccc(Nc2nc(Nc3ccc(OC)c(OC)c3OC)ncc2C)c1. The van der Waals surface area contributed by atoms with Crippen LogP contribution < -0.4 is 30.2 Å². The van der Waals surface area contributed by atoms with Gasteiger partial charge in [0, 0.05) is 23.1 Å². The van der Waals surface area contributed by atoms with Crippen molar-refractivity contribution in [3.63, 3.8) is 0 Å². The largest absolute Gasteiger partial charge is 0.493 e. The Hall–Kier alpha value is -4.27. The number of anilines is 5. The molecule has 1 amide bonds. The molecule has 3 rings (SSSR count). The summed E-state index contributed by atoms with van der Waals surface area (Å²) >= 11 is 0. The quantitative estimate of drug-likeness (QED) is 0.424. The highest BCUT2D eigenvalue weighted by Gasteiger charge is 2.17. The predicted molar refractivity (Wildman–Crippen MR) is 125 cm³/mol. The molecule has 0 radical (unpaired) electrons. The van der Waals surface area contributed by atoms with Gasteiger partial charge in [-0.15, -0.1) is 0 Å². The third-order valence-corrected chi connectivity index (χ3v) is 4.50. The zero-order valence-corrected chi connectivity index (χ0v) is 18.4. The molecule has 0 unspecified atom stereocenters. The molecular formula is C23H25N5O4. The molecule has 3 N–H and O–H groups in total. The molecule has 9 nitrogen and oxygen atoms in total. The van der Waals surface area contributed by atoms with Crippen molar-refractivity contribution in [1.29, 1.82) is 0 Å². The van der Waals surface area contributed by atoms with Crippen molar-refractivity contribution in [3.8, 4) is 17.2 Å². The van der Waals surface area contributed by atoms with Crippen LogP contribution in [0, 0.1) is 6.92 Å². The number of carbonyl (C=O) groups is 1. The number of hydrogen-bond acceptors (Lipinski definition) is 8. The Kier molecular flexibility index (Phi) is 7.12. The van der Waals surface area contributed by atoms with Crippen LogP contribution in [-0.2, 0) is 4.79 Å². The van der Waals surface area contributed by atoms with Gasteiger partial charge in [0.05, 0.1) is 27.0 Å². The van der Waals surface area contributed by atoms with E-state index in [1.807, 2.05) is 19.1 Å². The number of rotatable bonds is 9. The molecule has 0 aliphatic carbocycles. The maximum Gasteiger partial charge on any atom is 0.247 e. The molecule has 9 heteroatoms. The highest BCUT2D eigenvalue weighted by atomic mass is 16.5. The Balaban J connectivity index is 1.87. The Bertz CT molecular complexity index is 1130. The second kappa shape index (κ2) is 10.2. The summed E-state index contributed by atoms with van der Waals surface area (Å²) in [4.78, 5) is 20.5. The fourth-order valence-electron chi connectivity index (χ4n) is 2.95. The molecule has 1 heterocycles. The maximum absolute atomic E-state index is 11.6. The van der Waals surface area contributed by atoms with E-state index in [0.717, 1.165) is 11.3 Å². The summed E-state index contributed by atoms with van der Waals surface area (Å²) in [6, 6.07) is 10.8. The Morgan fingerprint density at radius 3 is 2.44 bits per heavy atom. The summed E-state index contributed by atoms with van der Waals surface area (Å²) in [5.74, 6) is 2.16. The van der Waals surface area contributed by atoms with Gasteiger partial charge in [0.25, 0.3) is 0 Å². The van der Waals surface area contributed by atoms with Crippen LogP contribution in [0.25, 0.3) is 0 Å². The number of nitrogens with one attached hydrogen (secondary N) is 3. The van der Waals surface area contributed by atoms with Gasteiger partial charge in [-0.2, -0.15) is 4.98 Å². The van der Waals surface area contributed by atoms with Crippen LogP contribution >= 0.6 is 0 Å². The topological polar surface area (TPSA) is 107 Å². The zero-order chi connectivity index (χ0) is 23.1. The minimum atomic E-state index is -0.282. The number of amides is 1. The lowest BCUT2D eigenvalue weighted by atomic mass is 10.2. The molecule has 2 aromatic carbocycles. The van der Waals surface area contributed by atoms with E-state index in [-0.39, 0.29) is 5.91 Å². The van der Waals surface area contributed by atoms with Crippen molar-refractivity contribution in [1.82, 2.24) is 9.97 Å². The first-order chi connectivity index (χ1) is 15.5. The van der Waals surface area contributed by atoms with Crippen molar-refractivity contribution in [3.05, 3.63) is 60.8 Å². The zero-order valence-electron chi connectivity index (χ0n) is 18.4. The molecule has 0 aliphatic heterocycles. The average molecular weight is 435 g/mol. The number of aromatic nitrogens is 2. The van der Waals surface area contributed by atoms with Crippen LogP contribution in [0.15, 0.2) is 55.3 Å². The van der Waals surface area contributed by atoms with Crippen LogP contribution in [0.3, 0.4) is 0 Å². The second-order valence-corrected chi connectivity index (χ2v) is 6.63. The molecule has 0 fully saturated rings. The van der Waals surface area contributed by atoms with E-state index < -0.39 is 0 Å². The number of methoxy groups -OCH3 is 3. The number of hydrogen-bond donors (Lipinski definition) is 3. The lowest BCUT2D eigenvalue weighted by Crippen LogP contribution is -2.07. The monoisotopic (exact) mass is 435 g/mol. The Labute approximate surface area is 186 Å². The number of benzene rings is 2. The second-order valence-electron chi connectivity index (χ2n) is 6.63. The van der Waals surface area contributed by atoms with Crippen LogP contribution in [0.1, 0.15) is 5.56 Å². The van der Waals surface area contributed by atoms with Gasteiger partial charge < -0.3 is 30.2 Å². The third-order valence-electron chi connectivity index (χ3n) is 4.50. The molecular weight excluding hydrogens is 410 g/mol. The number of aryl methyl sites for hydroxylation is 1. The normalized spacial score (nSPS) is 10.1. The van der Waals surface area contributed by atoms with E-state index in [1.54, 1.807) is 51.8 Å². The molecule has 0 atom stereocenters. The Morgan fingerprint density at radius 1 is 1.00 bits per heavy atom. The van der Waals surface area contributed by atoms with Crippen LogP contribution in [0.4, 0.5) is 28.8 Å². The van der Waals surface area contributed by atoms with Gasteiger partial charge >= 0.3 is 0 Å². The van der Waals surface area contributed by atoms with Gasteiger partial charge in [-0.05, 0) is 43.3 Å². The van der Waals surface area contributed by atoms with E-state index >= 15 is 0 Å². The van der Waals surface area contributed by atoms with Crippen molar-refractivity contribution in [2.45, 2.75) is 6.92 Å². The van der Waals surface area contributed by atoms with Crippen LogP contribution in [0.5, 0.6) is 17.2 Å². The minimum Gasteiger partial charge on any atom is -0.493 e. The highest BCUT2D eigenvalue weighted by molar-refractivity contribution is 5.99. The summed E-state index contributed by atoms with van der Waals surface area (Å²) < 4.78 is 16.3. The van der Waals surface area contributed by atoms with Crippen molar-refractivity contribution in [2.75, 3.05) is 37.3 Å². The average Bonchev–Trinajstić information content (AvgIpc) is 2.80. The summed E-state index contributed by atoms with van der Waals surface area (Å²) in [7, 11) is 4.65. The van der Waals surface area contributed by atoms with E-state index in [2.05, 4.69) is 32.5 Å². The van der Waals surface area contributed by atoms with E-state index in [1.165, 1.54) is 6.08 Å². The molecule has 1 aromatic heterocycles. The van der Waals surface area contributed by atoms with E-state index in [0.29, 0.717) is 40.4 Å². The molecule has 0 bridgehead atoms. The summed E-state index contributed by atoms with van der Waals surface area (Å²) in [6.45, 7) is 5.36. The summed E-state index contributed by atoms with van der Waals surface area (Å²) in [5, 5.41) is 9.14. The molecule has 0 saturated carbocycles. The van der Waals surface area contributed by atoms with Crippen molar-refractivity contribution < 1.29 is 19.0 Å². The Morgan fingerprint density at radius 2 is 1.75 bits per heavy atom. The third kappa shape index (κ3) is 5.07. The molecule has 0 aliphatic rings. The van der Waals surface area contributed by atoms with Crippen LogP contribution in [-0.4, -0.2) is 37.2 Å². The molecule has 32 heavy (non-hydrogen) atoms. The van der Waals surface area contributed by atoms with Crippen molar-refractivity contribution in [2.24, 2.45) is 0 Å². The highest BCUT2D eigenvalue weighted by Crippen LogP contribution is 2.43. The first-order valence-corrected chi connectivity index (χ1v) is 9.69. The fourth-order valence-corrected chi connectivity index (χ4v) is 2.95. The van der Waals surface area contributed by atoms with Crippen LogP contribution in [0.2, 0.25) is 0 Å². The van der Waals surface area contributed by atoms with E-state index in [4.69, 9.17) is 14.2 Å². The summed E-state index contributed by atoms with van der Waals surface area (Å²) in [5.41, 5.74) is 2.85. The standard InChI is InChI=1S/C23H25N5O4/c1-6-19(29)25-15-8-7-9-16(12-15)26-22-14(2)13-24-23(28-22)27-17-10-11-18(30-3)21(32-5)20(17)31-4/h6-13H,1H2,2-5H3,(H,25,29)(H2,24,26,27,28). The van der Waals surface area contributed by atoms with Gasteiger partial charge in [-0.1, -0.05) is 12.6 Å². The molecule has 3 aromatic rings. The first-order valence-electron chi connectivity index (χ1n) is 9.69. The summed E-state index contributed by atoms with van der Waals surface area (Å²) in [6.07, 6.45) is 2.92. The van der Waals surface area contributed by atoms with E-state index in [9.17, 15) is 4.79 Å². The molecule has 166 valence electrons. The van der Waals surface area contributed by atoms with Crippen molar-refractivity contribution >= 4 is 34.7 Å². The number of ether oxygens (including phenoxy) is 3. The molecule has 0 spiro atoms. The lowest BCUT2D eigenvalue weighted by Gasteiger charge is -2.17. The van der Waals surface area contributed by atoms with Gasteiger partial charge in [0.2, 0.25) is 17.6 Å². The minimum absolute atomic E-state index is 0.282. The smallest absolute Gasteiger partial charge is 0.247 e.